The average Bonchev–Trinajstić information content (AvgIpc) is 3.27. The van der Waals surface area contributed by atoms with Crippen molar-refractivity contribution in [2.45, 2.75) is 57.2 Å². The Labute approximate surface area is 152 Å². The van der Waals surface area contributed by atoms with Gasteiger partial charge in [-0.15, -0.1) is 11.3 Å². The predicted molar refractivity (Wildman–Crippen MR) is 98.3 cm³/mol. The number of benzene rings is 1. The lowest BCUT2D eigenvalue weighted by atomic mass is 9.83. The van der Waals surface area contributed by atoms with Crippen molar-refractivity contribution in [2.24, 2.45) is 5.92 Å². The smallest absolute Gasteiger partial charge is 0.411 e. The standard InChI is InChI=1S/C20H24N2O2S/c23-20-22(14-16-9-5-2-6-10-16)17(13-15-7-3-1-4-8-15)18(24-20)19-21-11-12-25-19/h2,5-6,9-12,15,17-18H,1,3-4,7-8,13-14H2/t17-,18-/m0/s1. The van der Waals surface area contributed by atoms with Crippen LogP contribution in [0.3, 0.4) is 0 Å². The van der Waals surface area contributed by atoms with Crippen LogP contribution < -0.4 is 0 Å². The van der Waals surface area contributed by atoms with Crippen LogP contribution in [0, 0.1) is 5.92 Å². The topological polar surface area (TPSA) is 42.4 Å². The highest BCUT2D eigenvalue weighted by atomic mass is 32.1. The Balaban J connectivity index is 1.57. The highest BCUT2D eigenvalue weighted by Crippen LogP contribution is 2.40. The summed E-state index contributed by atoms with van der Waals surface area (Å²) < 4.78 is 5.78. The van der Waals surface area contributed by atoms with Crippen molar-refractivity contribution >= 4 is 17.4 Å². The minimum absolute atomic E-state index is 0.0851. The van der Waals surface area contributed by atoms with Crippen molar-refractivity contribution in [3.8, 4) is 0 Å². The lowest BCUT2D eigenvalue weighted by Gasteiger charge is -2.30. The second-order valence-corrected chi connectivity index (χ2v) is 8.02. The van der Waals surface area contributed by atoms with Crippen LogP contribution in [0.5, 0.6) is 0 Å². The van der Waals surface area contributed by atoms with Gasteiger partial charge in [-0.25, -0.2) is 9.78 Å². The molecule has 2 heterocycles. The molecule has 25 heavy (non-hydrogen) atoms. The van der Waals surface area contributed by atoms with E-state index in [1.165, 1.54) is 32.1 Å². The molecule has 0 spiro atoms. The van der Waals surface area contributed by atoms with Gasteiger partial charge in [-0.1, -0.05) is 62.4 Å². The molecule has 1 aliphatic carbocycles. The summed E-state index contributed by atoms with van der Waals surface area (Å²) in [6.45, 7) is 0.610. The van der Waals surface area contributed by atoms with E-state index in [9.17, 15) is 4.79 Å². The molecule has 0 radical (unpaired) electrons. The molecule has 2 fully saturated rings. The maximum absolute atomic E-state index is 12.6. The molecule has 4 rings (SSSR count). The quantitative estimate of drug-likeness (QED) is 0.742. The van der Waals surface area contributed by atoms with E-state index in [1.807, 2.05) is 28.5 Å². The molecular formula is C20H24N2O2S. The van der Waals surface area contributed by atoms with E-state index < -0.39 is 0 Å². The van der Waals surface area contributed by atoms with E-state index in [4.69, 9.17) is 4.74 Å². The van der Waals surface area contributed by atoms with E-state index >= 15 is 0 Å². The third-order valence-electron chi connectivity index (χ3n) is 5.40. The minimum Gasteiger partial charge on any atom is -0.436 e. The van der Waals surface area contributed by atoms with Gasteiger partial charge in [0.05, 0.1) is 6.04 Å². The van der Waals surface area contributed by atoms with Crippen molar-refractivity contribution < 1.29 is 9.53 Å². The van der Waals surface area contributed by atoms with Gasteiger partial charge in [0.15, 0.2) is 6.10 Å². The zero-order valence-corrected chi connectivity index (χ0v) is 15.2. The Bertz CT molecular complexity index is 683. The van der Waals surface area contributed by atoms with Crippen LogP contribution in [0.15, 0.2) is 41.9 Å². The van der Waals surface area contributed by atoms with Crippen molar-refractivity contribution in [1.29, 1.82) is 0 Å². The lowest BCUT2D eigenvalue weighted by Crippen LogP contribution is -2.35. The maximum atomic E-state index is 12.6. The number of hydrogen-bond acceptors (Lipinski definition) is 4. The van der Waals surface area contributed by atoms with Crippen LogP contribution in [-0.4, -0.2) is 22.0 Å². The number of amides is 1. The Morgan fingerprint density at radius 2 is 1.96 bits per heavy atom. The molecule has 4 nitrogen and oxygen atoms in total. The average molecular weight is 356 g/mol. The Morgan fingerprint density at radius 3 is 2.68 bits per heavy atom. The molecule has 0 bridgehead atoms. The van der Waals surface area contributed by atoms with Gasteiger partial charge in [0, 0.05) is 18.1 Å². The summed E-state index contributed by atoms with van der Waals surface area (Å²) in [6, 6.07) is 10.3. The Morgan fingerprint density at radius 1 is 1.16 bits per heavy atom. The van der Waals surface area contributed by atoms with Gasteiger partial charge in [0.1, 0.15) is 5.01 Å². The molecule has 1 aliphatic heterocycles. The summed E-state index contributed by atoms with van der Waals surface area (Å²) in [5, 5.41) is 2.88. The number of nitrogens with zero attached hydrogens (tertiary/aromatic N) is 2. The summed E-state index contributed by atoms with van der Waals surface area (Å²) in [6.07, 6.45) is 8.90. The number of thiazole rings is 1. The van der Waals surface area contributed by atoms with Crippen LogP contribution in [-0.2, 0) is 11.3 Å². The van der Waals surface area contributed by atoms with E-state index in [0.717, 1.165) is 17.0 Å². The Hall–Kier alpha value is -1.88. The molecule has 2 aliphatic rings. The highest BCUT2D eigenvalue weighted by Gasteiger charge is 2.44. The summed E-state index contributed by atoms with van der Waals surface area (Å²) >= 11 is 1.58. The van der Waals surface area contributed by atoms with E-state index in [0.29, 0.717) is 12.5 Å². The zero-order valence-electron chi connectivity index (χ0n) is 14.3. The monoisotopic (exact) mass is 356 g/mol. The van der Waals surface area contributed by atoms with Gasteiger partial charge in [-0.05, 0) is 17.9 Å². The number of hydrogen-bond donors (Lipinski definition) is 0. The van der Waals surface area contributed by atoms with Crippen LogP contribution in [0.1, 0.15) is 55.2 Å². The number of rotatable bonds is 5. The molecule has 5 heteroatoms. The molecular weight excluding hydrogens is 332 g/mol. The predicted octanol–water partition coefficient (Wildman–Crippen LogP) is 5.18. The first-order valence-electron chi connectivity index (χ1n) is 9.22. The second kappa shape index (κ2) is 7.56. The van der Waals surface area contributed by atoms with Crippen molar-refractivity contribution in [3.63, 3.8) is 0 Å². The van der Waals surface area contributed by atoms with Gasteiger partial charge in [-0.3, -0.25) is 4.90 Å². The first-order chi connectivity index (χ1) is 12.3. The largest absolute Gasteiger partial charge is 0.436 e. The zero-order chi connectivity index (χ0) is 17.1. The van der Waals surface area contributed by atoms with Gasteiger partial charge >= 0.3 is 6.09 Å². The fourth-order valence-corrected chi connectivity index (χ4v) is 4.84. The van der Waals surface area contributed by atoms with Crippen LogP contribution in [0.4, 0.5) is 4.79 Å². The van der Waals surface area contributed by atoms with Gasteiger partial charge in [0.2, 0.25) is 0 Å². The summed E-state index contributed by atoms with van der Waals surface area (Å²) in [5.74, 6) is 0.689. The van der Waals surface area contributed by atoms with Crippen molar-refractivity contribution in [3.05, 3.63) is 52.5 Å². The Kier molecular flexibility index (Phi) is 5.02. The number of aromatic nitrogens is 1. The molecule has 2 aromatic rings. The molecule has 1 aromatic heterocycles. The fourth-order valence-electron chi connectivity index (χ4n) is 4.12. The van der Waals surface area contributed by atoms with Crippen LogP contribution in [0.2, 0.25) is 0 Å². The number of carbonyl (C=O) groups is 1. The number of cyclic esters (lactones) is 1. The third-order valence-corrected chi connectivity index (χ3v) is 6.24. The van der Waals surface area contributed by atoms with Crippen LogP contribution >= 0.6 is 11.3 Å². The van der Waals surface area contributed by atoms with Crippen molar-refractivity contribution in [1.82, 2.24) is 9.88 Å². The van der Waals surface area contributed by atoms with E-state index in [1.54, 1.807) is 17.5 Å². The number of ether oxygens (including phenoxy) is 1. The van der Waals surface area contributed by atoms with E-state index in [-0.39, 0.29) is 18.2 Å². The molecule has 0 N–H and O–H groups in total. The molecule has 1 amide bonds. The molecule has 0 unspecified atom stereocenters. The van der Waals surface area contributed by atoms with Gasteiger partial charge < -0.3 is 4.74 Å². The molecule has 2 atom stereocenters. The second-order valence-electron chi connectivity index (χ2n) is 7.10. The third kappa shape index (κ3) is 3.71. The van der Waals surface area contributed by atoms with E-state index in [2.05, 4.69) is 17.1 Å². The molecule has 132 valence electrons. The maximum Gasteiger partial charge on any atom is 0.411 e. The van der Waals surface area contributed by atoms with Gasteiger partial charge in [-0.2, -0.15) is 0 Å². The molecule has 1 saturated heterocycles. The van der Waals surface area contributed by atoms with Crippen molar-refractivity contribution in [2.75, 3.05) is 0 Å². The SMILES string of the molecule is O=C1O[C@H](c2nccs2)[C@H](CC2CCCCC2)N1Cc1ccccc1. The minimum atomic E-state index is -0.224. The summed E-state index contributed by atoms with van der Waals surface area (Å²) in [4.78, 5) is 19.0. The lowest BCUT2D eigenvalue weighted by molar-refractivity contribution is 0.126. The molecule has 1 aromatic carbocycles. The number of carbonyl (C=O) groups excluding carboxylic acids is 1. The van der Waals surface area contributed by atoms with Gasteiger partial charge in [0.25, 0.3) is 0 Å². The summed E-state index contributed by atoms with van der Waals surface area (Å²) in [5.41, 5.74) is 1.15. The highest BCUT2D eigenvalue weighted by molar-refractivity contribution is 7.09. The summed E-state index contributed by atoms with van der Waals surface area (Å²) in [7, 11) is 0. The normalized spacial score (nSPS) is 24.5. The first kappa shape index (κ1) is 16.6. The fraction of sp³-hybridized carbons (Fsp3) is 0.500. The van der Waals surface area contributed by atoms with Crippen LogP contribution in [0.25, 0.3) is 0 Å². The molecule has 1 saturated carbocycles. The first-order valence-corrected chi connectivity index (χ1v) is 10.1.